The van der Waals surface area contributed by atoms with Gasteiger partial charge in [-0.15, -0.1) is 15.3 Å². The van der Waals surface area contributed by atoms with Crippen LogP contribution in [0.2, 0.25) is 0 Å². The first-order valence-electron chi connectivity index (χ1n) is 16.8. The number of benzene rings is 6. The molecule has 0 saturated carbocycles. The zero-order valence-electron chi connectivity index (χ0n) is 32.8. The summed E-state index contributed by atoms with van der Waals surface area (Å²) in [5.41, 5.74) is 7.79. The molecule has 25 heteroatoms. The quantitative estimate of drug-likeness (QED) is 0.0256. The molecular weight excluding hydrogens is 878 g/mol. The second kappa shape index (κ2) is 20.7. The third kappa shape index (κ3) is 11.5. The minimum Gasteiger partial charge on any atom is -0.508 e. The number of H-pyrrole nitrogens is 1. The van der Waals surface area contributed by atoms with Crippen LogP contribution in [0.4, 0.5) is 45.5 Å². The maximum atomic E-state index is 12.5. The van der Waals surface area contributed by atoms with Crippen molar-refractivity contribution < 1.29 is 46.1 Å². The summed E-state index contributed by atoms with van der Waals surface area (Å²) < 4.78 is 69.7. The number of aromatic hydroxyl groups is 2. The van der Waals surface area contributed by atoms with Crippen molar-refractivity contribution in [3.05, 3.63) is 103 Å². The van der Waals surface area contributed by atoms with Crippen molar-refractivity contribution in [3.63, 3.8) is 0 Å². The standard InChI is InChI=1S/C37H28N10O10S2.3Na/c38-33-32-20(15-30(59(55,56)57)35(36(32)51)47-42-21-4-2-1-3-5-21)14-29(58(52,53)54)34(33)46-43-22-8-6-19(7-9-22)37-40-25-12-10-23(16-28(25)41-37)44-45-26-13-11-24(48)17-27(26)39-18-31(49)50;;;/h1-17,39,48,51H,18,38H2,(H,40,41)(H,49,50)(H,52,53,54)(H,55,56,57);;;. The predicted octanol–water partition coefficient (Wildman–Crippen LogP) is 7.47. The summed E-state index contributed by atoms with van der Waals surface area (Å²) in [5.74, 6) is -1.60. The van der Waals surface area contributed by atoms with E-state index in [1.807, 2.05) is 0 Å². The molecule has 1 aromatic heterocycles. The summed E-state index contributed by atoms with van der Waals surface area (Å²) >= 11 is 0. The third-order valence-corrected chi connectivity index (χ3v) is 10.2. The van der Waals surface area contributed by atoms with E-state index in [9.17, 15) is 40.9 Å². The molecule has 0 aliphatic heterocycles. The van der Waals surface area contributed by atoms with Gasteiger partial charge < -0.3 is 31.4 Å². The van der Waals surface area contributed by atoms with Gasteiger partial charge >= 0.3 is 5.97 Å². The minimum atomic E-state index is -5.08. The van der Waals surface area contributed by atoms with Crippen molar-refractivity contribution >= 4 is 182 Å². The number of carbonyl (C=O) groups is 1. The Labute approximate surface area is 417 Å². The smallest absolute Gasteiger partial charge is 0.322 e. The van der Waals surface area contributed by atoms with Crippen LogP contribution in [0, 0.1) is 0 Å². The molecule has 3 radical (unpaired) electrons. The molecule has 0 saturated heterocycles. The molecule has 0 aliphatic rings. The van der Waals surface area contributed by atoms with E-state index in [-0.39, 0.29) is 122 Å². The van der Waals surface area contributed by atoms with E-state index < -0.39 is 65.4 Å². The Kier molecular flexibility index (Phi) is 16.7. The average molecular weight is 906 g/mol. The Balaban J connectivity index is 0.00000282. The number of fused-ring (bicyclic) bond motifs is 2. The van der Waals surface area contributed by atoms with Gasteiger partial charge in [-0.1, -0.05) is 18.2 Å². The van der Waals surface area contributed by atoms with Gasteiger partial charge in [-0.2, -0.15) is 32.2 Å². The van der Waals surface area contributed by atoms with Crippen LogP contribution in [-0.2, 0) is 25.0 Å². The van der Waals surface area contributed by atoms with Crippen LogP contribution in [0.5, 0.6) is 11.5 Å². The third-order valence-electron chi connectivity index (χ3n) is 8.45. The van der Waals surface area contributed by atoms with E-state index in [4.69, 9.17) is 10.8 Å². The van der Waals surface area contributed by atoms with E-state index in [2.05, 4.69) is 46.0 Å². The topological polar surface area (TPSA) is 327 Å². The number of carboxylic acids is 1. The Morgan fingerprint density at radius 3 is 1.90 bits per heavy atom. The summed E-state index contributed by atoms with van der Waals surface area (Å²) in [6, 6.07) is 25.3. The van der Waals surface area contributed by atoms with Crippen molar-refractivity contribution in [3.8, 4) is 22.9 Å². The van der Waals surface area contributed by atoms with Gasteiger partial charge in [-0.25, -0.2) is 4.98 Å². The summed E-state index contributed by atoms with van der Waals surface area (Å²) in [7, 11) is -10.1. The van der Waals surface area contributed by atoms with Gasteiger partial charge in [-0.3, -0.25) is 13.9 Å². The number of nitrogen functional groups attached to an aromatic ring is 1. The first kappa shape index (κ1) is 50.0. The molecule has 0 bridgehead atoms. The molecule has 7 rings (SSSR count). The molecule has 0 atom stereocenters. The number of hydrogen-bond donors (Lipinski definition) is 8. The molecule has 9 N–H and O–H groups in total. The first-order valence-corrected chi connectivity index (χ1v) is 19.7. The molecule has 301 valence electrons. The van der Waals surface area contributed by atoms with Crippen molar-refractivity contribution in [2.45, 2.75) is 9.79 Å². The molecule has 6 aromatic carbocycles. The maximum absolute atomic E-state index is 12.5. The van der Waals surface area contributed by atoms with Crippen LogP contribution in [0.25, 0.3) is 33.2 Å². The number of hydrogen-bond acceptors (Lipinski definition) is 16. The van der Waals surface area contributed by atoms with E-state index in [1.165, 1.54) is 30.3 Å². The number of azo groups is 3. The number of nitrogens with one attached hydrogen (secondary N) is 2. The van der Waals surface area contributed by atoms with Gasteiger partial charge in [0.15, 0.2) is 5.75 Å². The fourth-order valence-electron chi connectivity index (χ4n) is 5.73. The number of nitrogens with zero attached hydrogens (tertiary/aromatic N) is 7. The summed E-state index contributed by atoms with van der Waals surface area (Å²) in [6.07, 6.45) is 0. The Hall–Kier alpha value is -4.66. The largest absolute Gasteiger partial charge is 0.508 e. The van der Waals surface area contributed by atoms with Crippen LogP contribution >= 0.6 is 0 Å². The van der Waals surface area contributed by atoms with E-state index in [0.29, 0.717) is 33.8 Å². The zero-order chi connectivity index (χ0) is 42.1. The van der Waals surface area contributed by atoms with Gasteiger partial charge in [0.25, 0.3) is 20.2 Å². The Morgan fingerprint density at radius 2 is 1.27 bits per heavy atom. The molecule has 0 unspecified atom stereocenters. The number of aromatic amines is 1. The van der Waals surface area contributed by atoms with Gasteiger partial charge in [0.2, 0.25) is 0 Å². The van der Waals surface area contributed by atoms with E-state index in [1.54, 1.807) is 60.7 Å². The Morgan fingerprint density at radius 1 is 0.694 bits per heavy atom. The number of aromatic nitrogens is 2. The van der Waals surface area contributed by atoms with Crippen LogP contribution in [0.1, 0.15) is 0 Å². The second-order valence-corrected chi connectivity index (χ2v) is 15.3. The molecule has 0 aliphatic carbocycles. The average Bonchev–Trinajstić information content (AvgIpc) is 3.62. The second-order valence-electron chi connectivity index (χ2n) is 12.5. The van der Waals surface area contributed by atoms with Gasteiger partial charge in [-0.05, 0) is 84.2 Å². The molecule has 0 spiro atoms. The number of aliphatic carboxylic acids is 1. The molecular formula is C37H28N10Na3O10S2. The SMILES string of the molecule is Nc1c(N=Nc2ccc(-c3nc4cc(N=Nc5ccc(O)cc5NCC(=O)O)ccc4[nH]3)cc2)c(S(=O)(=O)O)cc2cc(S(=O)(=O)O)c(N=Nc3ccccc3)c(O)c12.[Na].[Na].[Na]. The monoisotopic (exact) mass is 905 g/mol. The predicted molar refractivity (Wildman–Crippen MR) is 232 cm³/mol. The number of imidazole rings is 1. The number of rotatable bonds is 12. The van der Waals surface area contributed by atoms with Crippen molar-refractivity contribution in [2.24, 2.45) is 30.7 Å². The minimum absolute atomic E-state index is 0. The van der Waals surface area contributed by atoms with Crippen LogP contribution in [-0.4, -0.2) is 152 Å². The maximum Gasteiger partial charge on any atom is 0.322 e. The fourth-order valence-corrected chi connectivity index (χ4v) is 7.06. The number of carboxylic acid groups (broad SMARTS) is 1. The summed E-state index contributed by atoms with van der Waals surface area (Å²) in [4.78, 5) is 17.0. The molecule has 7 aromatic rings. The van der Waals surface area contributed by atoms with Gasteiger partial charge in [0.1, 0.15) is 45.0 Å². The zero-order valence-corrected chi connectivity index (χ0v) is 40.5. The number of nitrogens with two attached hydrogens (primary N) is 1. The van der Waals surface area contributed by atoms with Crippen molar-refractivity contribution in [1.29, 1.82) is 0 Å². The molecule has 0 fully saturated rings. The van der Waals surface area contributed by atoms with Crippen molar-refractivity contribution in [1.82, 2.24) is 9.97 Å². The van der Waals surface area contributed by atoms with Crippen LogP contribution < -0.4 is 11.1 Å². The fraction of sp³-hybridized carbons (Fsp3) is 0.0270. The number of phenols is 2. The van der Waals surface area contributed by atoms with Gasteiger partial charge in [0, 0.05) is 100 Å². The normalized spacial score (nSPS) is 11.8. The summed E-state index contributed by atoms with van der Waals surface area (Å²) in [5, 5.41) is 56.3. The number of anilines is 2. The van der Waals surface area contributed by atoms with Crippen LogP contribution in [0.15, 0.2) is 144 Å². The van der Waals surface area contributed by atoms with E-state index >= 15 is 0 Å². The molecule has 62 heavy (non-hydrogen) atoms. The van der Waals surface area contributed by atoms with Crippen molar-refractivity contribution in [2.75, 3.05) is 17.6 Å². The number of phenolic OH excluding ortho intramolecular Hbond substituents is 2. The molecule has 1 heterocycles. The van der Waals surface area contributed by atoms with E-state index in [0.717, 1.165) is 12.1 Å². The van der Waals surface area contributed by atoms with Crippen LogP contribution in [0.3, 0.4) is 0 Å². The summed E-state index contributed by atoms with van der Waals surface area (Å²) in [6.45, 7) is -0.395. The molecule has 0 amide bonds. The van der Waals surface area contributed by atoms with Gasteiger partial charge in [0.05, 0.1) is 44.9 Å². The first-order chi connectivity index (χ1) is 28.0. The Bertz CT molecular complexity index is 3140. The molecule has 20 nitrogen and oxygen atoms in total.